The molecule has 7 heteroatoms. The van der Waals surface area contributed by atoms with Crippen LogP contribution in [0.2, 0.25) is 0 Å². The number of carbonyl (C=O) groups excluding carboxylic acids is 1. The summed E-state index contributed by atoms with van der Waals surface area (Å²) in [6.45, 7) is 4.44. The van der Waals surface area contributed by atoms with Gasteiger partial charge in [-0.2, -0.15) is 8.42 Å². The van der Waals surface area contributed by atoms with Crippen molar-refractivity contribution in [2.24, 2.45) is 11.8 Å². The zero-order valence-corrected chi connectivity index (χ0v) is 15.7. The van der Waals surface area contributed by atoms with Crippen LogP contribution in [0.25, 0.3) is 0 Å². The number of esters is 1. The number of rotatable bonds is 9. The van der Waals surface area contributed by atoms with Crippen molar-refractivity contribution in [2.75, 3.05) is 12.9 Å². The Morgan fingerprint density at radius 2 is 1.92 bits per heavy atom. The highest BCUT2D eigenvalue weighted by Crippen LogP contribution is 2.30. The molecule has 0 unspecified atom stereocenters. The van der Waals surface area contributed by atoms with Crippen LogP contribution in [0.3, 0.4) is 0 Å². The molecule has 0 aromatic heterocycles. The number of carbonyl (C=O) groups is 1. The quantitative estimate of drug-likeness (QED) is 0.491. The molecule has 25 heavy (non-hydrogen) atoms. The van der Waals surface area contributed by atoms with E-state index >= 15 is 0 Å². The summed E-state index contributed by atoms with van der Waals surface area (Å²) in [5.41, 5.74) is 0.974. The van der Waals surface area contributed by atoms with Gasteiger partial charge in [-0.1, -0.05) is 44.2 Å². The van der Waals surface area contributed by atoms with Gasteiger partial charge in [0.1, 0.15) is 12.2 Å². The Morgan fingerprint density at radius 1 is 1.24 bits per heavy atom. The first kappa shape index (κ1) is 19.9. The van der Waals surface area contributed by atoms with Gasteiger partial charge in [0.05, 0.1) is 25.4 Å². The van der Waals surface area contributed by atoms with E-state index in [0.29, 0.717) is 25.4 Å². The number of cyclic esters (lactones) is 1. The Morgan fingerprint density at radius 3 is 2.52 bits per heavy atom. The van der Waals surface area contributed by atoms with Gasteiger partial charge in [0.2, 0.25) is 0 Å². The molecule has 2 rings (SSSR count). The van der Waals surface area contributed by atoms with Crippen LogP contribution in [0.4, 0.5) is 0 Å². The SMILES string of the molecule is CC(C)C[C@@H]1C[C@@H]([C@@H](COCc2ccccc2)OS(C)(=O)=O)OC1=O. The number of hydrogen-bond acceptors (Lipinski definition) is 6. The van der Waals surface area contributed by atoms with Gasteiger partial charge in [0, 0.05) is 6.42 Å². The monoisotopic (exact) mass is 370 g/mol. The zero-order valence-electron chi connectivity index (χ0n) is 14.9. The van der Waals surface area contributed by atoms with Crippen LogP contribution in [0.5, 0.6) is 0 Å². The van der Waals surface area contributed by atoms with E-state index < -0.39 is 22.3 Å². The molecule has 1 saturated heterocycles. The summed E-state index contributed by atoms with van der Waals surface area (Å²) in [5.74, 6) is -0.145. The lowest BCUT2D eigenvalue weighted by molar-refractivity contribution is -0.148. The third-order valence-electron chi connectivity index (χ3n) is 3.98. The lowest BCUT2D eigenvalue weighted by Gasteiger charge is -2.21. The van der Waals surface area contributed by atoms with Crippen LogP contribution < -0.4 is 0 Å². The summed E-state index contributed by atoms with van der Waals surface area (Å²) in [6.07, 6.45) is 0.707. The van der Waals surface area contributed by atoms with E-state index in [-0.39, 0.29) is 18.5 Å². The van der Waals surface area contributed by atoms with Crippen molar-refractivity contribution in [1.29, 1.82) is 0 Å². The summed E-state index contributed by atoms with van der Waals surface area (Å²) in [7, 11) is -3.69. The highest BCUT2D eigenvalue weighted by atomic mass is 32.2. The maximum Gasteiger partial charge on any atom is 0.309 e. The Labute approximate surface area is 149 Å². The fraction of sp³-hybridized carbons (Fsp3) is 0.611. The summed E-state index contributed by atoms with van der Waals surface area (Å²) in [4.78, 5) is 12.0. The molecule has 0 saturated carbocycles. The summed E-state index contributed by atoms with van der Waals surface area (Å²) < 4.78 is 39.2. The molecule has 0 spiro atoms. The van der Waals surface area contributed by atoms with Gasteiger partial charge < -0.3 is 9.47 Å². The summed E-state index contributed by atoms with van der Waals surface area (Å²) >= 11 is 0. The van der Waals surface area contributed by atoms with Crippen LogP contribution in [0, 0.1) is 11.8 Å². The van der Waals surface area contributed by atoms with Crippen molar-refractivity contribution in [3.05, 3.63) is 35.9 Å². The first-order chi connectivity index (χ1) is 11.7. The van der Waals surface area contributed by atoms with Gasteiger partial charge in [-0.3, -0.25) is 8.98 Å². The van der Waals surface area contributed by atoms with Gasteiger partial charge in [-0.15, -0.1) is 0 Å². The second-order valence-electron chi connectivity index (χ2n) is 6.88. The summed E-state index contributed by atoms with van der Waals surface area (Å²) in [6, 6.07) is 9.55. The van der Waals surface area contributed by atoms with Gasteiger partial charge in [0.25, 0.3) is 10.1 Å². The predicted molar refractivity (Wildman–Crippen MR) is 93.3 cm³/mol. The number of benzene rings is 1. The Hall–Kier alpha value is -1.44. The number of ether oxygens (including phenoxy) is 2. The van der Waals surface area contributed by atoms with Crippen LogP contribution >= 0.6 is 0 Å². The molecule has 1 aromatic rings. The van der Waals surface area contributed by atoms with Crippen LogP contribution in [-0.4, -0.2) is 39.5 Å². The highest BCUT2D eigenvalue weighted by Gasteiger charge is 2.40. The van der Waals surface area contributed by atoms with Gasteiger partial charge in [-0.05, 0) is 17.9 Å². The van der Waals surface area contributed by atoms with E-state index in [0.717, 1.165) is 11.8 Å². The van der Waals surface area contributed by atoms with Crippen molar-refractivity contribution in [2.45, 2.75) is 45.5 Å². The lowest BCUT2D eigenvalue weighted by atomic mass is 9.93. The first-order valence-electron chi connectivity index (χ1n) is 8.45. The average molecular weight is 370 g/mol. The topological polar surface area (TPSA) is 78.9 Å². The molecule has 1 heterocycles. The maximum atomic E-state index is 12.0. The molecule has 1 aliphatic heterocycles. The molecule has 1 fully saturated rings. The highest BCUT2D eigenvalue weighted by molar-refractivity contribution is 7.86. The van der Waals surface area contributed by atoms with E-state index in [1.165, 1.54) is 0 Å². The summed E-state index contributed by atoms with van der Waals surface area (Å²) in [5, 5.41) is 0. The minimum atomic E-state index is -3.69. The molecule has 0 amide bonds. The fourth-order valence-electron chi connectivity index (χ4n) is 2.95. The molecule has 1 aromatic carbocycles. The van der Waals surface area contributed by atoms with E-state index in [1.807, 2.05) is 44.2 Å². The third kappa shape index (κ3) is 6.76. The minimum Gasteiger partial charge on any atom is -0.459 e. The normalized spacial score (nSPS) is 22.2. The van der Waals surface area contributed by atoms with Gasteiger partial charge >= 0.3 is 5.97 Å². The van der Waals surface area contributed by atoms with Crippen LogP contribution in [-0.2, 0) is 35.2 Å². The van der Waals surface area contributed by atoms with E-state index in [1.54, 1.807) is 0 Å². The van der Waals surface area contributed by atoms with E-state index in [9.17, 15) is 13.2 Å². The van der Waals surface area contributed by atoms with Gasteiger partial charge in [0.15, 0.2) is 0 Å². The molecule has 3 atom stereocenters. The van der Waals surface area contributed by atoms with Crippen molar-refractivity contribution >= 4 is 16.1 Å². The molecule has 140 valence electrons. The standard InChI is InChI=1S/C18H26O6S/c1-13(2)9-15-10-16(23-18(15)19)17(24-25(3,20)21)12-22-11-14-7-5-4-6-8-14/h4-8,13,15-17H,9-12H2,1-3H3/t15-,16+,17-/m1/s1. The zero-order chi connectivity index (χ0) is 18.4. The molecule has 6 nitrogen and oxygen atoms in total. The molecule has 1 aliphatic rings. The van der Waals surface area contributed by atoms with Crippen molar-refractivity contribution in [3.63, 3.8) is 0 Å². The molecular weight excluding hydrogens is 344 g/mol. The minimum absolute atomic E-state index is 0.0360. The first-order valence-corrected chi connectivity index (χ1v) is 10.3. The van der Waals surface area contributed by atoms with Crippen LogP contribution in [0.15, 0.2) is 30.3 Å². The Kier molecular flexibility index (Phi) is 6.98. The van der Waals surface area contributed by atoms with Crippen molar-refractivity contribution in [3.8, 4) is 0 Å². The average Bonchev–Trinajstić information content (AvgIpc) is 2.86. The maximum absolute atomic E-state index is 12.0. The third-order valence-corrected chi connectivity index (χ3v) is 4.58. The number of hydrogen-bond donors (Lipinski definition) is 0. The second kappa shape index (κ2) is 8.78. The molecule has 0 N–H and O–H groups in total. The smallest absolute Gasteiger partial charge is 0.309 e. The van der Waals surface area contributed by atoms with E-state index in [4.69, 9.17) is 13.7 Å². The Balaban J connectivity index is 1.97. The molecule has 0 radical (unpaired) electrons. The Bertz CT molecular complexity index is 655. The van der Waals surface area contributed by atoms with Crippen LogP contribution in [0.1, 0.15) is 32.3 Å². The van der Waals surface area contributed by atoms with Crippen molar-refractivity contribution < 1.29 is 26.9 Å². The van der Waals surface area contributed by atoms with Crippen molar-refractivity contribution in [1.82, 2.24) is 0 Å². The second-order valence-corrected chi connectivity index (χ2v) is 8.48. The largest absolute Gasteiger partial charge is 0.459 e. The van der Waals surface area contributed by atoms with E-state index in [2.05, 4.69) is 0 Å². The molecule has 0 bridgehead atoms. The molecular formula is C18H26O6S. The predicted octanol–water partition coefficient (Wildman–Crippen LogP) is 2.53. The lowest BCUT2D eigenvalue weighted by Crippen LogP contribution is -2.35. The fourth-order valence-corrected chi connectivity index (χ4v) is 3.58. The van der Waals surface area contributed by atoms with Gasteiger partial charge in [-0.25, -0.2) is 0 Å². The molecule has 0 aliphatic carbocycles.